The quantitative estimate of drug-likeness (QED) is 0.774. The first-order valence-electron chi connectivity index (χ1n) is 7.79. The molecule has 0 saturated carbocycles. The van der Waals surface area contributed by atoms with Gasteiger partial charge in [0, 0.05) is 12.1 Å². The molecule has 4 nitrogen and oxygen atoms in total. The maximum Gasteiger partial charge on any atom is 0.203 e. The largest absolute Gasteiger partial charge is 0.493 e. The molecular weight excluding hydrogens is 322 g/mol. The summed E-state index contributed by atoms with van der Waals surface area (Å²) < 4.78 is 16.1. The highest BCUT2D eigenvalue weighted by Crippen LogP contribution is 2.38. The van der Waals surface area contributed by atoms with E-state index in [0.717, 1.165) is 12.0 Å². The molecule has 0 bridgehead atoms. The number of methoxy groups -OCH3 is 3. The van der Waals surface area contributed by atoms with Gasteiger partial charge in [-0.3, -0.25) is 0 Å². The molecule has 24 heavy (non-hydrogen) atoms. The van der Waals surface area contributed by atoms with E-state index in [9.17, 15) is 0 Å². The average molecular weight is 345 g/mol. The van der Waals surface area contributed by atoms with Gasteiger partial charge in [0.15, 0.2) is 11.5 Å². The summed E-state index contributed by atoms with van der Waals surface area (Å²) in [6.45, 7) is 2.81. The molecule has 0 spiro atoms. The molecule has 1 N–H and O–H groups in total. The van der Waals surface area contributed by atoms with Crippen LogP contribution in [0.4, 0.5) is 0 Å². The minimum atomic E-state index is 0.557. The molecule has 0 aliphatic heterocycles. The molecule has 0 atom stereocenters. The first-order valence-corrected chi connectivity index (χ1v) is 8.19. The maximum absolute atomic E-state index is 5.50. The summed E-state index contributed by atoms with van der Waals surface area (Å²) in [5.41, 5.74) is 3.33. The van der Waals surface area contributed by atoms with Gasteiger partial charge in [-0.15, -0.1) is 0 Å². The molecule has 0 amide bonds. The minimum Gasteiger partial charge on any atom is -0.493 e. The van der Waals surface area contributed by atoms with Crippen molar-refractivity contribution in [3.8, 4) is 17.2 Å². The van der Waals surface area contributed by atoms with Crippen molar-refractivity contribution >= 4 is 17.2 Å². The Balaban J connectivity index is 2.13. The molecule has 0 unspecified atom stereocenters. The Labute approximate surface area is 148 Å². The van der Waals surface area contributed by atoms with Crippen molar-refractivity contribution in [1.29, 1.82) is 0 Å². The average Bonchev–Trinajstić information content (AvgIpc) is 2.65. The third kappa shape index (κ3) is 4.17. The van der Waals surface area contributed by atoms with Crippen molar-refractivity contribution < 1.29 is 14.2 Å². The standard InChI is InChI=1S/C19H23NO3S/c1-5-13-6-8-14(9-7-13)12-20-19(24)15-10-16(21-2)18(23-4)17(11-15)22-3/h6-11H,5,12H2,1-4H3,(H,20,24). The van der Waals surface area contributed by atoms with Gasteiger partial charge < -0.3 is 19.5 Å². The smallest absolute Gasteiger partial charge is 0.203 e. The van der Waals surface area contributed by atoms with Crippen LogP contribution in [0.5, 0.6) is 17.2 Å². The number of hydrogen-bond acceptors (Lipinski definition) is 4. The van der Waals surface area contributed by atoms with Crippen molar-refractivity contribution in [3.63, 3.8) is 0 Å². The van der Waals surface area contributed by atoms with E-state index < -0.39 is 0 Å². The molecule has 2 aromatic carbocycles. The zero-order chi connectivity index (χ0) is 17.5. The minimum absolute atomic E-state index is 0.557. The Hall–Kier alpha value is -2.27. The van der Waals surface area contributed by atoms with E-state index in [1.54, 1.807) is 21.3 Å². The van der Waals surface area contributed by atoms with Gasteiger partial charge >= 0.3 is 0 Å². The molecule has 0 radical (unpaired) electrons. The highest BCUT2D eigenvalue weighted by Gasteiger charge is 2.15. The number of thiocarbonyl (C=S) groups is 1. The summed E-state index contributed by atoms with van der Waals surface area (Å²) in [5.74, 6) is 1.73. The molecular formula is C19H23NO3S. The summed E-state index contributed by atoms with van der Waals surface area (Å²) >= 11 is 5.50. The lowest BCUT2D eigenvalue weighted by molar-refractivity contribution is 0.324. The fourth-order valence-electron chi connectivity index (χ4n) is 2.39. The van der Waals surface area contributed by atoms with E-state index in [0.29, 0.717) is 28.8 Å². The van der Waals surface area contributed by atoms with Crippen LogP contribution in [0.25, 0.3) is 0 Å². The van der Waals surface area contributed by atoms with Crippen LogP contribution in [0, 0.1) is 0 Å². The monoisotopic (exact) mass is 345 g/mol. The zero-order valence-electron chi connectivity index (χ0n) is 14.5. The number of aryl methyl sites for hydroxylation is 1. The number of rotatable bonds is 7. The Kier molecular flexibility index (Phi) is 6.44. The molecule has 0 aliphatic rings. The van der Waals surface area contributed by atoms with E-state index in [4.69, 9.17) is 26.4 Å². The van der Waals surface area contributed by atoms with Gasteiger partial charge in [-0.2, -0.15) is 0 Å². The van der Waals surface area contributed by atoms with Crippen LogP contribution in [-0.2, 0) is 13.0 Å². The van der Waals surface area contributed by atoms with Crippen molar-refractivity contribution in [1.82, 2.24) is 5.32 Å². The predicted octanol–water partition coefficient (Wildman–Crippen LogP) is 3.74. The third-order valence-corrected chi connectivity index (χ3v) is 4.19. The van der Waals surface area contributed by atoms with Crippen LogP contribution in [0.3, 0.4) is 0 Å². The molecule has 0 fully saturated rings. The molecule has 2 rings (SSSR count). The third-order valence-electron chi connectivity index (χ3n) is 3.81. The second-order valence-electron chi connectivity index (χ2n) is 5.27. The predicted molar refractivity (Wildman–Crippen MR) is 100 cm³/mol. The molecule has 0 saturated heterocycles. The molecule has 2 aromatic rings. The topological polar surface area (TPSA) is 39.7 Å². The summed E-state index contributed by atoms with van der Waals surface area (Å²) in [7, 11) is 4.76. The van der Waals surface area contributed by atoms with Gasteiger partial charge in [0.05, 0.1) is 21.3 Å². The lowest BCUT2D eigenvalue weighted by atomic mass is 10.1. The van der Waals surface area contributed by atoms with Gasteiger partial charge in [0.25, 0.3) is 0 Å². The second-order valence-corrected chi connectivity index (χ2v) is 5.67. The summed E-state index contributed by atoms with van der Waals surface area (Å²) in [6.07, 6.45) is 1.04. The molecule has 0 aliphatic carbocycles. The first-order chi connectivity index (χ1) is 11.6. The van der Waals surface area contributed by atoms with Gasteiger partial charge in [-0.05, 0) is 29.7 Å². The normalized spacial score (nSPS) is 10.2. The molecule has 5 heteroatoms. The van der Waals surface area contributed by atoms with Crippen LogP contribution in [0.15, 0.2) is 36.4 Å². The highest BCUT2D eigenvalue weighted by atomic mass is 32.1. The Morgan fingerprint density at radius 2 is 1.46 bits per heavy atom. The van der Waals surface area contributed by atoms with Gasteiger partial charge in [-0.1, -0.05) is 43.4 Å². The van der Waals surface area contributed by atoms with E-state index in [-0.39, 0.29) is 0 Å². The van der Waals surface area contributed by atoms with E-state index in [2.05, 4.69) is 36.5 Å². The van der Waals surface area contributed by atoms with Crippen LogP contribution in [-0.4, -0.2) is 26.3 Å². The van der Waals surface area contributed by atoms with Crippen molar-refractivity contribution in [3.05, 3.63) is 53.1 Å². The Morgan fingerprint density at radius 1 is 0.917 bits per heavy atom. The van der Waals surface area contributed by atoms with Gasteiger partial charge in [0.2, 0.25) is 5.75 Å². The van der Waals surface area contributed by atoms with Crippen LogP contribution >= 0.6 is 12.2 Å². The SMILES string of the molecule is CCc1ccc(CNC(=S)c2cc(OC)c(OC)c(OC)c2)cc1. The number of hydrogen-bond donors (Lipinski definition) is 1. The second kappa shape index (κ2) is 8.55. The van der Waals surface area contributed by atoms with E-state index in [1.165, 1.54) is 11.1 Å². The molecule has 128 valence electrons. The Morgan fingerprint density at radius 3 is 1.92 bits per heavy atom. The summed E-state index contributed by atoms with van der Waals surface area (Å²) in [5, 5.41) is 3.27. The summed E-state index contributed by atoms with van der Waals surface area (Å²) in [4.78, 5) is 0.633. The van der Waals surface area contributed by atoms with Crippen molar-refractivity contribution in [2.24, 2.45) is 0 Å². The van der Waals surface area contributed by atoms with Crippen LogP contribution in [0.2, 0.25) is 0 Å². The van der Waals surface area contributed by atoms with Crippen LogP contribution < -0.4 is 19.5 Å². The molecule has 0 aromatic heterocycles. The fourth-order valence-corrected chi connectivity index (χ4v) is 2.58. The lowest BCUT2D eigenvalue weighted by Crippen LogP contribution is -2.21. The van der Waals surface area contributed by atoms with E-state index in [1.807, 2.05) is 12.1 Å². The number of benzene rings is 2. The Bertz CT molecular complexity index is 673. The summed E-state index contributed by atoms with van der Waals surface area (Å²) in [6, 6.07) is 12.2. The molecule has 0 heterocycles. The van der Waals surface area contributed by atoms with E-state index >= 15 is 0 Å². The van der Waals surface area contributed by atoms with Crippen molar-refractivity contribution in [2.75, 3.05) is 21.3 Å². The highest BCUT2D eigenvalue weighted by molar-refractivity contribution is 7.80. The maximum atomic E-state index is 5.50. The fraction of sp³-hybridized carbons (Fsp3) is 0.316. The van der Waals surface area contributed by atoms with Gasteiger partial charge in [0.1, 0.15) is 4.99 Å². The lowest BCUT2D eigenvalue weighted by Gasteiger charge is -2.15. The van der Waals surface area contributed by atoms with Gasteiger partial charge in [-0.25, -0.2) is 0 Å². The number of nitrogens with one attached hydrogen (secondary N) is 1. The van der Waals surface area contributed by atoms with Crippen LogP contribution in [0.1, 0.15) is 23.6 Å². The number of ether oxygens (including phenoxy) is 3. The first kappa shape index (κ1) is 18.1. The van der Waals surface area contributed by atoms with Crippen molar-refractivity contribution in [2.45, 2.75) is 19.9 Å². The zero-order valence-corrected chi connectivity index (χ0v) is 15.3.